The Bertz CT molecular complexity index is 916. The summed E-state index contributed by atoms with van der Waals surface area (Å²) in [5.74, 6) is -3.15. The molecule has 0 bridgehead atoms. The Morgan fingerprint density at radius 3 is 1.14 bits per heavy atom. The van der Waals surface area contributed by atoms with E-state index >= 15 is 0 Å². The van der Waals surface area contributed by atoms with E-state index in [2.05, 4.69) is 121 Å². The third-order valence-electron chi connectivity index (χ3n) is 5.55. The molecule has 4 aromatic rings. The predicted molar refractivity (Wildman–Crippen MR) is 126 cm³/mol. The van der Waals surface area contributed by atoms with Gasteiger partial charge in [-0.05, 0) is 0 Å². The molecule has 0 atom stereocenters. The molecule has 0 aliphatic carbocycles. The number of hydrogen-bond acceptors (Lipinski definition) is 0. The van der Waals surface area contributed by atoms with E-state index in [4.69, 9.17) is 11.2 Å². The van der Waals surface area contributed by atoms with Crippen LogP contribution in [0.5, 0.6) is 0 Å². The van der Waals surface area contributed by atoms with E-state index in [1.807, 2.05) is 0 Å². The molecule has 0 N–H and O–H groups in total. The molecule has 0 fully saturated rings. The monoisotopic (exact) mass is 402 g/mol. The van der Waals surface area contributed by atoms with E-state index in [9.17, 15) is 0 Å². The Kier molecular flexibility index (Phi) is 5.36. The molecular formula is C26H24ClP. The van der Waals surface area contributed by atoms with E-state index in [0.29, 0.717) is 0 Å². The van der Waals surface area contributed by atoms with E-state index in [-0.39, 0.29) is 0 Å². The zero-order chi connectivity index (χ0) is 19.3. The average Bonchev–Trinajstić information content (AvgIpc) is 2.80. The van der Waals surface area contributed by atoms with Gasteiger partial charge >= 0.3 is 173 Å². The van der Waals surface area contributed by atoms with Crippen molar-refractivity contribution in [3.63, 3.8) is 0 Å². The van der Waals surface area contributed by atoms with E-state index < -0.39 is 5.96 Å². The summed E-state index contributed by atoms with van der Waals surface area (Å²) in [5.41, 5.74) is 1.32. The normalized spacial score (nSPS) is 12.8. The van der Waals surface area contributed by atoms with Gasteiger partial charge in [0, 0.05) is 0 Å². The summed E-state index contributed by atoms with van der Waals surface area (Å²) < 4.78 is 0. The molecule has 0 aliphatic heterocycles. The molecule has 0 aromatic heterocycles. The first-order chi connectivity index (χ1) is 13.7. The number of benzene rings is 4. The van der Waals surface area contributed by atoms with Gasteiger partial charge in [0.15, 0.2) is 0 Å². The van der Waals surface area contributed by atoms with Crippen LogP contribution in [0, 0.1) is 0 Å². The molecule has 4 rings (SSSR count). The van der Waals surface area contributed by atoms with E-state index in [0.717, 1.165) is 12.6 Å². The minimum atomic E-state index is -3.15. The average molecular weight is 403 g/mol. The number of halogens is 1. The molecule has 2 heteroatoms. The summed E-state index contributed by atoms with van der Waals surface area (Å²) in [6, 6.07) is 42.7. The van der Waals surface area contributed by atoms with Gasteiger partial charge in [0.05, 0.1) is 0 Å². The summed E-state index contributed by atoms with van der Waals surface area (Å²) in [6.07, 6.45) is 1.82. The molecule has 28 heavy (non-hydrogen) atoms. The number of hydrogen-bond donors (Lipinski definition) is 0. The van der Waals surface area contributed by atoms with Crippen molar-refractivity contribution >= 4 is 33.1 Å². The third kappa shape index (κ3) is 3.28. The van der Waals surface area contributed by atoms with Gasteiger partial charge in [-0.3, -0.25) is 0 Å². The summed E-state index contributed by atoms with van der Waals surface area (Å²) >= 11 is 8.05. The Labute approximate surface area is 172 Å². The summed E-state index contributed by atoms with van der Waals surface area (Å²) in [7, 11) is 0. The standard InChI is InChI=1S/C26H24ClP/c27-28(24-15-7-2-8-16-24,25-17-9-3-10-18-25,26-19-11-4-12-20-26)22-21-23-13-5-1-6-14-23/h1-20H,21-22H2. The second kappa shape index (κ2) is 7.92. The Morgan fingerprint density at radius 2 is 0.786 bits per heavy atom. The Morgan fingerprint density at radius 1 is 0.464 bits per heavy atom. The van der Waals surface area contributed by atoms with Gasteiger partial charge in [0.25, 0.3) is 0 Å². The SMILES string of the molecule is ClP(CCc1ccccc1)(c1ccccc1)(c1ccccc1)c1ccccc1. The van der Waals surface area contributed by atoms with Crippen LogP contribution in [0.4, 0.5) is 0 Å². The van der Waals surface area contributed by atoms with Gasteiger partial charge in [-0.25, -0.2) is 0 Å². The maximum absolute atomic E-state index is 8.05. The van der Waals surface area contributed by atoms with Gasteiger partial charge in [-0.15, -0.1) is 0 Å². The molecule has 0 amide bonds. The zero-order valence-corrected chi connectivity index (χ0v) is 17.4. The number of aryl methyl sites for hydroxylation is 1. The maximum atomic E-state index is 8.05. The molecule has 0 radical (unpaired) electrons. The molecule has 0 spiro atoms. The van der Waals surface area contributed by atoms with Gasteiger partial charge in [0.1, 0.15) is 0 Å². The fraction of sp³-hybridized carbons (Fsp3) is 0.0769. The van der Waals surface area contributed by atoms with Crippen LogP contribution < -0.4 is 15.9 Å². The summed E-state index contributed by atoms with van der Waals surface area (Å²) in [5, 5.41) is 3.68. The van der Waals surface area contributed by atoms with Crippen molar-refractivity contribution in [2.24, 2.45) is 0 Å². The summed E-state index contributed by atoms with van der Waals surface area (Å²) in [6.45, 7) is 0. The minimum absolute atomic E-state index is 0.884. The second-order valence-corrected chi connectivity index (χ2v) is 13.7. The molecule has 0 aliphatic rings. The molecular weight excluding hydrogens is 379 g/mol. The van der Waals surface area contributed by atoms with Crippen molar-refractivity contribution in [3.8, 4) is 0 Å². The van der Waals surface area contributed by atoms with Gasteiger partial charge in [0.2, 0.25) is 0 Å². The Hall–Kier alpha value is -2.40. The topological polar surface area (TPSA) is 0 Å². The second-order valence-electron chi connectivity index (χ2n) is 7.15. The van der Waals surface area contributed by atoms with Crippen LogP contribution in [0.3, 0.4) is 0 Å². The first kappa shape index (κ1) is 18.9. The van der Waals surface area contributed by atoms with Gasteiger partial charge in [-0.2, -0.15) is 0 Å². The van der Waals surface area contributed by atoms with Gasteiger partial charge < -0.3 is 0 Å². The van der Waals surface area contributed by atoms with Crippen molar-refractivity contribution in [2.45, 2.75) is 6.42 Å². The van der Waals surface area contributed by atoms with Crippen molar-refractivity contribution < 1.29 is 0 Å². The quantitative estimate of drug-likeness (QED) is 0.351. The van der Waals surface area contributed by atoms with Crippen LogP contribution in [0.1, 0.15) is 5.56 Å². The Balaban J connectivity index is 1.98. The predicted octanol–water partition coefficient (Wildman–Crippen LogP) is 5.91. The van der Waals surface area contributed by atoms with Crippen molar-refractivity contribution in [2.75, 3.05) is 6.16 Å². The van der Waals surface area contributed by atoms with Gasteiger partial charge in [-0.1, -0.05) is 0 Å². The molecule has 140 valence electrons. The fourth-order valence-electron chi connectivity index (χ4n) is 4.03. The molecule has 0 saturated heterocycles. The first-order valence-electron chi connectivity index (χ1n) is 9.65. The van der Waals surface area contributed by atoms with Crippen LogP contribution in [-0.2, 0) is 6.42 Å². The fourth-order valence-corrected chi connectivity index (χ4v) is 10.0. The van der Waals surface area contributed by atoms with E-state index in [1.165, 1.54) is 21.5 Å². The summed E-state index contributed by atoms with van der Waals surface area (Å²) in [4.78, 5) is 0. The molecule has 4 aromatic carbocycles. The molecule has 0 unspecified atom stereocenters. The van der Waals surface area contributed by atoms with Crippen LogP contribution in [-0.4, -0.2) is 6.16 Å². The van der Waals surface area contributed by atoms with Crippen molar-refractivity contribution in [3.05, 3.63) is 127 Å². The van der Waals surface area contributed by atoms with Crippen LogP contribution in [0.15, 0.2) is 121 Å². The van der Waals surface area contributed by atoms with Crippen LogP contribution >= 0.6 is 17.2 Å². The van der Waals surface area contributed by atoms with Crippen molar-refractivity contribution in [1.82, 2.24) is 0 Å². The molecule has 0 saturated carbocycles. The van der Waals surface area contributed by atoms with Crippen LogP contribution in [0.25, 0.3) is 0 Å². The number of rotatable bonds is 6. The van der Waals surface area contributed by atoms with Crippen LogP contribution in [0.2, 0.25) is 0 Å². The first-order valence-corrected chi connectivity index (χ1v) is 13.0. The molecule has 0 heterocycles. The molecule has 0 nitrogen and oxygen atoms in total. The van der Waals surface area contributed by atoms with E-state index in [1.54, 1.807) is 0 Å². The third-order valence-corrected chi connectivity index (χ3v) is 13.0. The van der Waals surface area contributed by atoms with Crippen molar-refractivity contribution in [1.29, 1.82) is 0 Å². The zero-order valence-electron chi connectivity index (χ0n) is 15.8.